The van der Waals surface area contributed by atoms with E-state index in [-0.39, 0.29) is 0 Å². The maximum Gasteiger partial charge on any atom is 0.237 e. The summed E-state index contributed by atoms with van der Waals surface area (Å²) >= 11 is 0. The summed E-state index contributed by atoms with van der Waals surface area (Å²) in [4.78, 5) is 19.6. The molecule has 3 aromatic rings. The van der Waals surface area contributed by atoms with Crippen LogP contribution < -0.4 is 4.74 Å². The fraction of sp³-hybridized carbons (Fsp3) is 0.0714. The molecule has 0 atom stereocenters. The lowest BCUT2D eigenvalue weighted by Crippen LogP contribution is -2.00. The maximum absolute atomic E-state index is 11.1. The van der Waals surface area contributed by atoms with Gasteiger partial charge >= 0.3 is 0 Å². The number of para-hydroxylation sites is 1. The predicted octanol–water partition coefficient (Wildman–Crippen LogP) is 2.24. The highest BCUT2D eigenvalue weighted by Crippen LogP contribution is 2.22. The van der Waals surface area contributed by atoms with Crippen LogP contribution in [0.3, 0.4) is 0 Å². The van der Waals surface area contributed by atoms with Gasteiger partial charge in [0.2, 0.25) is 11.8 Å². The first-order valence-corrected chi connectivity index (χ1v) is 5.76. The molecule has 0 radical (unpaired) electrons. The minimum atomic E-state index is 0.476. The normalized spacial score (nSPS) is 10.6. The molecule has 1 aromatic carbocycles. The van der Waals surface area contributed by atoms with Gasteiger partial charge in [-0.05, 0) is 6.07 Å². The lowest BCUT2D eigenvalue weighted by atomic mass is 10.2. The van der Waals surface area contributed by atoms with Gasteiger partial charge in [-0.25, -0.2) is 4.98 Å². The van der Waals surface area contributed by atoms with E-state index in [4.69, 9.17) is 4.74 Å². The predicted molar refractivity (Wildman–Crippen MR) is 70.8 cm³/mol. The molecule has 0 saturated carbocycles. The third kappa shape index (κ3) is 1.85. The highest BCUT2D eigenvalue weighted by atomic mass is 16.5. The highest BCUT2D eigenvalue weighted by Gasteiger charge is 2.10. The Morgan fingerprint density at radius 2 is 2.11 bits per heavy atom. The largest absolute Gasteiger partial charge is 0.481 e. The van der Waals surface area contributed by atoms with Crippen molar-refractivity contribution >= 4 is 17.2 Å². The molecule has 5 nitrogen and oxygen atoms in total. The number of hydrogen-bond donors (Lipinski definition) is 0. The van der Waals surface area contributed by atoms with Gasteiger partial charge in [-0.15, -0.1) is 0 Å². The molecule has 0 bridgehead atoms. The number of nitrogens with zero attached hydrogens (tertiary/aromatic N) is 3. The fourth-order valence-corrected chi connectivity index (χ4v) is 2.03. The number of hydrogen-bond acceptors (Lipinski definition) is 4. The van der Waals surface area contributed by atoms with Gasteiger partial charge in [-0.1, -0.05) is 18.2 Å². The molecule has 19 heavy (non-hydrogen) atoms. The Hall–Kier alpha value is -2.69. The van der Waals surface area contributed by atoms with Crippen molar-refractivity contribution in [1.82, 2.24) is 14.5 Å². The van der Waals surface area contributed by atoms with E-state index in [0.717, 1.165) is 17.2 Å². The molecule has 0 fully saturated rings. The number of carbonyl (C=O) groups excluding carboxylic acids is 1. The molecule has 5 heteroatoms. The number of methoxy groups -OCH3 is 1. The van der Waals surface area contributed by atoms with Crippen molar-refractivity contribution in [1.29, 1.82) is 0 Å². The van der Waals surface area contributed by atoms with Gasteiger partial charge < -0.3 is 4.74 Å². The van der Waals surface area contributed by atoms with Gasteiger partial charge in [-0.3, -0.25) is 9.36 Å². The van der Waals surface area contributed by atoms with Crippen molar-refractivity contribution in [2.75, 3.05) is 7.11 Å². The third-order valence-corrected chi connectivity index (χ3v) is 2.91. The molecule has 94 valence electrons. The van der Waals surface area contributed by atoms with E-state index >= 15 is 0 Å². The summed E-state index contributed by atoms with van der Waals surface area (Å²) in [6.07, 6.45) is 4.18. The van der Waals surface area contributed by atoms with Crippen molar-refractivity contribution < 1.29 is 9.53 Å². The first-order valence-electron chi connectivity index (χ1n) is 5.76. The van der Waals surface area contributed by atoms with Crippen molar-refractivity contribution in [3.8, 4) is 11.8 Å². The number of carbonyl (C=O) groups is 1. The molecular weight excluding hydrogens is 242 g/mol. The van der Waals surface area contributed by atoms with E-state index in [1.807, 2.05) is 24.3 Å². The first-order chi connectivity index (χ1) is 9.33. The minimum absolute atomic E-state index is 0.476. The number of benzene rings is 1. The van der Waals surface area contributed by atoms with E-state index in [0.29, 0.717) is 17.4 Å². The lowest BCUT2D eigenvalue weighted by molar-refractivity contribution is 0.112. The molecule has 0 saturated heterocycles. The molecule has 0 aliphatic rings. The van der Waals surface area contributed by atoms with Crippen LogP contribution in [0.1, 0.15) is 10.4 Å². The quantitative estimate of drug-likeness (QED) is 0.672. The molecule has 0 amide bonds. The topological polar surface area (TPSA) is 57.0 Å². The van der Waals surface area contributed by atoms with Crippen LogP contribution in [0.5, 0.6) is 5.88 Å². The lowest BCUT2D eigenvalue weighted by Gasteiger charge is -2.04. The number of aromatic nitrogens is 3. The molecule has 2 aromatic heterocycles. The summed E-state index contributed by atoms with van der Waals surface area (Å²) in [5.41, 5.74) is 1.50. The molecule has 3 rings (SSSR count). The van der Waals surface area contributed by atoms with Crippen LogP contribution in [0.2, 0.25) is 0 Å². The van der Waals surface area contributed by atoms with E-state index < -0.39 is 0 Å². The smallest absolute Gasteiger partial charge is 0.237 e. The van der Waals surface area contributed by atoms with Crippen molar-refractivity contribution in [2.24, 2.45) is 0 Å². The van der Waals surface area contributed by atoms with Crippen LogP contribution in [0.25, 0.3) is 16.9 Å². The van der Waals surface area contributed by atoms with Gasteiger partial charge in [0.25, 0.3) is 0 Å². The fourth-order valence-electron chi connectivity index (χ4n) is 2.03. The Bertz CT molecular complexity index is 749. The zero-order chi connectivity index (χ0) is 13.2. The molecule has 0 aliphatic carbocycles. The summed E-state index contributed by atoms with van der Waals surface area (Å²) in [6.45, 7) is 0. The van der Waals surface area contributed by atoms with E-state index in [9.17, 15) is 4.79 Å². The Morgan fingerprint density at radius 1 is 1.26 bits per heavy atom. The molecule has 0 unspecified atom stereocenters. The zero-order valence-corrected chi connectivity index (χ0v) is 10.3. The van der Waals surface area contributed by atoms with Crippen LogP contribution in [0, 0.1) is 0 Å². The zero-order valence-electron chi connectivity index (χ0n) is 10.3. The van der Waals surface area contributed by atoms with Crippen LogP contribution in [-0.2, 0) is 0 Å². The Balaban J connectivity index is 2.27. The Kier molecular flexibility index (Phi) is 2.72. The highest BCUT2D eigenvalue weighted by molar-refractivity contribution is 5.98. The standard InChI is InChI=1S/C14H11N3O2/c1-19-13-6-7-15-14(16-13)17-8-10(9-18)11-4-2-3-5-12(11)17/h2-9H,1H3. The second-order valence-corrected chi connectivity index (χ2v) is 3.99. The summed E-state index contributed by atoms with van der Waals surface area (Å²) in [5.74, 6) is 0.957. The van der Waals surface area contributed by atoms with E-state index in [1.165, 1.54) is 0 Å². The van der Waals surface area contributed by atoms with E-state index in [2.05, 4.69) is 9.97 Å². The summed E-state index contributed by atoms with van der Waals surface area (Å²) < 4.78 is 6.87. The van der Waals surface area contributed by atoms with Crippen molar-refractivity contribution in [2.45, 2.75) is 0 Å². The summed E-state index contributed by atoms with van der Waals surface area (Å²) in [6, 6.07) is 9.30. The van der Waals surface area contributed by atoms with Crippen LogP contribution >= 0.6 is 0 Å². The second kappa shape index (κ2) is 4.53. The molecule has 0 N–H and O–H groups in total. The number of rotatable bonds is 3. The van der Waals surface area contributed by atoms with Gasteiger partial charge in [0.05, 0.1) is 12.6 Å². The second-order valence-electron chi connectivity index (χ2n) is 3.99. The Labute approximate surface area is 109 Å². The van der Waals surface area contributed by atoms with Crippen LogP contribution in [0.15, 0.2) is 42.7 Å². The SMILES string of the molecule is COc1ccnc(-n2cc(C=O)c3ccccc32)n1. The molecule has 2 heterocycles. The number of ether oxygens (including phenoxy) is 1. The monoisotopic (exact) mass is 253 g/mol. The van der Waals surface area contributed by atoms with E-state index in [1.54, 1.807) is 30.1 Å². The van der Waals surface area contributed by atoms with Gasteiger partial charge in [-0.2, -0.15) is 4.98 Å². The maximum atomic E-state index is 11.1. The molecule has 0 aliphatic heterocycles. The van der Waals surface area contributed by atoms with Crippen LogP contribution in [0.4, 0.5) is 0 Å². The average molecular weight is 253 g/mol. The Morgan fingerprint density at radius 3 is 2.89 bits per heavy atom. The summed E-state index contributed by atoms with van der Waals surface area (Å²) in [7, 11) is 1.55. The van der Waals surface area contributed by atoms with Crippen LogP contribution in [-0.4, -0.2) is 27.9 Å². The number of aldehydes is 1. The van der Waals surface area contributed by atoms with Gasteiger partial charge in [0.15, 0.2) is 6.29 Å². The van der Waals surface area contributed by atoms with Gasteiger partial charge in [0, 0.05) is 29.4 Å². The number of fused-ring (bicyclic) bond motifs is 1. The molecule has 0 spiro atoms. The summed E-state index contributed by atoms with van der Waals surface area (Å²) in [5, 5.41) is 0.879. The first kappa shape index (κ1) is 11.4. The minimum Gasteiger partial charge on any atom is -0.481 e. The average Bonchev–Trinajstić information content (AvgIpc) is 2.86. The third-order valence-electron chi connectivity index (χ3n) is 2.91. The van der Waals surface area contributed by atoms with Crippen molar-refractivity contribution in [3.63, 3.8) is 0 Å². The van der Waals surface area contributed by atoms with Gasteiger partial charge in [0.1, 0.15) is 0 Å². The molecular formula is C14H11N3O2. The van der Waals surface area contributed by atoms with Crippen molar-refractivity contribution in [3.05, 3.63) is 48.3 Å².